The Bertz CT molecular complexity index is 692. The van der Waals surface area contributed by atoms with Crippen molar-refractivity contribution in [3.63, 3.8) is 0 Å². The molecule has 0 bridgehead atoms. The predicted molar refractivity (Wildman–Crippen MR) is 81.6 cm³/mol. The molecule has 0 aromatic heterocycles. The molecular weight excluding hydrogens is 266 g/mol. The maximum absolute atomic E-state index is 12.5. The summed E-state index contributed by atoms with van der Waals surface area (Å²) >= 11 is 0. The maximum Gasteiger partial charge on any atom is 0.241 e. The lowest BCUT2D eigenvalue weighted by Gasteiger charge is -2.15. The van der Waals surface area contributed by atoms with E-state index in [1.807, 2.05) is 0 Å². The van der Waals surface area contributed by atoms with Gasteiger partial charge in [0.15, 0.2) is 0 Å². The molecule has 0 spiro atoms. The number of benzene rings is 2. The van der Waals surface area contributed by atoms with Crippen LogP contribution in [-0.4, -0.2) is 11.8 Å². The SMILES string of the molecule is Nc1ccc(C2CC(=O)N(c3ccc(N)cc3)C2=O)cc1. The van der Waals surface area contributed by atoms with Gasteiger partial charge >= 0.3 is 0 Å². The van der Waals surface area contributed by atoms with Gasteiger partial charge in [-0.25, -0.2) is 0 Å². The van der Waals surface area contributed by atoms with E-state index in [2.05, 4.69) is 0 Å². The maximum atomic E-state index is 12.5. The van der Waals surface area contributed by atoms with Crippen LogP contribution >= 0.6 is 0 Å². The van der Waals surface area contributed by atoms with Crippen LogP contribution in [0.5, 0.6) is 0 Å². The second-order valence-corrected chi connectivity index (χ2v) is 5.08. The topological polar surface area (TPSA) is 89.4 Å². The highest BCUT2D eigenvalue weighted by atomic mass is 16.2. The van der Waals surface area contributed by atoms with Gasteiger partial charge in [-0.05, 0) is 42.0 Å². The first-order valence-corrected chi connectivity index (χ1v) is 6.64. The first-order valence-electron chi connectivity index (χ1n) is 6.64. The first-order chi connectivity index (χ1) is 10.1. The normalized spacial score (nSPS) is 18.3. The van der Waals surface area contributed by atoms with Crippen LogP contribution in [0.2, 0.25) is 0 Å². The second-order valence-electron chi connectivity index (χ2n) is 5.08. The van der Waals surface area contributed by atoms with Crippen molar-refractivity contribution in [2.45, 2.75) is 12.3 Å². The van der Waals surface area contributed by atoms with E-state index in [1.165, 1.54) is 4.90 Å². The smallest absolute Gasteiger partial charge is 0.241 e. The molecule has 21 heavy (non-hydrogen) atoms. The quantitative estimate of drug-likeness (QED) is 0.650. The number of carbonyl (C=O) groups is 2. The van der Waals surface area contributed by atoms with Crippen LogP contribution < -0.4 is 16.4 Å². The first kappa shape index (κ1) is 13.2. The minimum Gasteiger partial charge on any atom is -0.399 e. The number of rotatable bonds is 2. The van der Waals surface area contributed by atoms with E-state index >= 15 is 0 Å². The number of nitrogen functional groups attached to an aromatic ring is 2. The number of carbonyl (C=O) groups excluding carboxylic acids is 2. The molecule has 4 N–H and O–H groups in total. The van der Waals surface area contributed by atoms with E-state index in [1.54, 1.807) is 48.5 Å². The zero-order valence-corrected chi connectivity index (χ0v) is 11.3. The van der Waals surface area contributed by atoms with Gasteiger partial charge in [0, 0.05) is 17.8 Å². The van der Waals surface area contributed by atoms with Crippen LogP contribution in [0.15, 0.2) is 48.5 Å². The molecule has 5 heteroatoms. The molecule has 2 aromatic rings. The minimum absolute atomic E-state index is 0.174. The van der Waals surface area contributed by atoms with E-state index in [4.69, 9.17) is 11.5 Å². The average molecular weight is 281 g/mol. The van der Waals surface area contributed by atoms with Crippen LogP contribution in [0.4, 0.5) is 17.1 Å². The van der Waals surface area contributed by atoms with Crippen molar-refractivity contribution < 1.29 is 9.59 Å². The van der Waals surface area contributed by atoms with E-state index in [-0.39, 0.29) is 18.2 Å². The average Bonchev–Trinajstić information content (AvgIpc) is 2.76. The molecule has 1 aliphatic rings. The molecule has 3 rings (SSSR count). The Morgan fingerprint density at radius 3 is 1.95 bits per heavy atom. The molecule has 1 fully saturated rings. The zero-order valence-electron chi connectivity index (χ0n) is 11.3. The molecule has 1 heterocycles. The van der Waals surface area contributed by atoms with Crippen molar-refractivity contribution in [3.8, 4) is 0 Å². The largest absolute Gasteiger partial charge is 0.399 e. The molecule has 1 unspecified atom stereocenters. The number of hydrogen-bond donors (Lipinski definition) is 2. The monoisotopic (exact) mass is 281 g/mol. The Labute approximate surface area is 122 Å². The van der Waals surface area contributed by atoms with Crippen LogP contribution in [0.1, 0.15) is 17.9 Å². The summed E-state index contributed by atoms with van der Waals surface area (Å²) in [6, 6.07) is 13.7. The number of anilines is 3. The van der Waals surface area contributed by atoms with Crippen molar-refractivity contribution in [1.29, 1.82) is 0 Å². The summed E-state index contributed by atoms with van der Waals surface area (Å²) in [7, 11) is 0. The fraction of sp³-hybridized carbons (Fsp3) is 0.125. The van der Waals surface area contributed by atoms with E-state index < -0.39 is 5.92 Å². The van der Waals surface area contributed by atoms with Crippen molar-refractivity contribution in [2.75, 3.05) is 16.4 Å². The standard InChI is InChI=1S/C16H15N3O2/c17-11-3-1-10(2-4-11)14-9-15(20)19(16(14)21)13-7-5-12(18)6-8-13/h1-8,14H,9,17-18H2. The molecule has 0 aliphatic carbocycles. The fourth-order valence-corrected chi connectivity index (χ4v) is 2.52. The third kappa shape index (κ3) is 2.33. The number of nitrogens with two attached hydrogens (primary N) is 2. The van der Waals surface area contributed by atoms with E-state index in [0.29, 0.717) is 17.1 Å². The van der Waals surface area contributed by atoms with Gasteiger partial charge in [0.1, 0.15) is 0 Å². The molecule has 1 saturated heterocycles. The molecule has 1 atom stereocenters. The van der Waals surface area contributed by atoms with Crippen LogP contribution in [0, 0.1) is 0 Å². The van der Waals surface area contributed by atoms with E-state index in [0.717, 1.165) is 5.56 Å². The third-order valence-electron chi connectivity index (χ3n) is 3.64. The van der Waals surface area contributed by atoms with E-state index in [9.17, 15) is 9.59 Å². The summed E-state index contributed by atoms with van der Waals surface area (Å²) in [5.41, 5.74) is 13.9. The molecule has 2 aromatic carbocycles. The molecule has 0 saturated carbocycles. The summed E-state index contributed by atoms with van der Waals surface area (Å²) in [6.45, 7) is 0. The molecule has 1 aliphatic heterocycles. The Balaban J connectivity index is 1.92. The molecule has 5 nitrogen and oxygen atoms in total. The second kappa shape index (κ2) is 4.94. The lowest BCUT2D eigenvalue weighted by molar-refractivity contribution is -0.121. The van der Waals surface area contributed by atoms with Crippen LogP contribution in [0.25, 0.3) is 0 Å². The van der Waals surface area contributed by atoms with Gasteiger partial charge in [-0.3, -0.25) is 14.5 Å². The van der Waals surface area contributed by atoms with Crippen LogP contribution in [0.3, 0.4) is 0 Å². The lowest BCUT2D eigenvalue weighted by atomic mass is 9.97. The predicted octanol–water partition coefficient (Wildman–Crippen LogP) is 1.90. The van der Waals surface area contributed by atoms with Gasteiger partial charge in [-0.15, -0.1) is 0 Å². The Hall–Kier alpha value is -2.82. The van der Waals surface area contributed by atoms with Crippen molar-refractivity contribution in [2.24, 2.45) is 0 Å². The van der Waals surface area contributed by atoms with Gasteiger partial charge < -0.3 is 11.5 Å². The lowest BCUT2D eigenvalue weighted by Crippen LogP contribution is -2.29. The third-order valence-corrected chi connectivity index (χ3v) is 3.64. The number of amides is 2. The summed E-state index contributed by atoms with van der Waals surface area (Å²) in [4.78, 5) is 25.9. The number of imide groups is 1. The summed E-state index contributed by atoms with van der Waals surface area (Å²) in [5, 5.41) is 0. The van der Waals surface area contributed by atoms with Crippen molar-refractivity contribution >= 4 is 28.9 Å². The van der Waals surface area contributed by atoms with Crippen molar-refractivity contribution in [1.82, 2.24) is 0 Å². The molecule has 2 amide bonds. The Morgan fingerprint density at radius 2 is 1.38 bits per heavy atom. The van der Waals surface area contributed by atoms with Gasteiger partial charge in [0.2, 0.25) is 11.8 Å². The summed E-state index contributed by atoms with van der Waals surface area (Å²) in [5.74, 6) is -0.864. The highest BCUT2D eigenvalue weighted by Crippen LogP contribution is 2.33. The molecular formula is C16H15N3O2. The minimum atomic E-state index is -0.448. The fourth-order valence-electron chi connectivity index (χ4n) is 2.52. The van der Waals surface area contributed by atoms with Gasteiger partial charge in [0.05, 0.1) is 11.6 Å². The van der Waals surface area contributed by atoms with Crippen LogP contribution in [-0.2, 0) is 9.59 Å². The molecule has 0 radical (unpaired) electrons. The number of nitrogens with zero attached hydrogens (tertiary/aromatic N) is 1. The Morgan fingerprint density at radius 1 is 0.857 bits per heavy atom. The highest BCUT2D eigenvalue weighted by molar-refractivity contribution is 6.22. The summed E-state index contributed by atoms with van der Waals surface area (Å²) in [6.07, 6.45) is 0.174. The summed E-state index contributed by atoms with van der Waals surface area (Å²) < 4.78 is 0. The van der Waals surface area contributed by atoms with Gasteiger partial charge in [-0.1, -0.05) is 12.1 Å². The highest BCUT2D eigenvalue weighted by Gasteiger charge is 2.40. The van der Waals surface area contributed by atoms with Gasteiger partial charge in [0.25, 0.3) is 0 Å². The molecule has 106 valence electrons. The van der Waals surface area contributed by atoms with Crippen molar-refractivity contribution in [3.05, 3.63) is 54.1 Å². The number of hydrogen-bond acceptors (Lipinski definition) is 4. The Kier molecular flexibility index (Phi) is 3.10. The zero-order chi connectivity index (χ0) is 15.0. The van der Waals surface area contributed by atoms with Gasteiger partial charge in [-0.2, -0.15) is 0 Å².